The Morgan fingerprint density at radius 1 is 1.24 bits per heavy atom. The molecule has 17 heavy (non-hydrogen) atoms. The van der Waals surface area contributed by atoms with E-state index in [0.717, 1.165) is 4.88 Å². The van der Waals surface area contributed by atoms with Crippen LogP contribution in [0.5, 0.6) is 0 Å². The molecular weight excluding hydrogens is 230 g/mol. The van der Waals surface area contributed by atoms with Gasteiger partial charge in [-0.2, -0.15) is 0 Å². The topological polar surface area (TPSA) is 33.1 Å². The van der Waals surface area contributed by atoms with Crippen LogP contribution in [0.25, 0.3) is 0 Å². The maximum Gasteiger partial charge on any atom is 0.0959 e. The molecule has 0 saturated heterocycles. The molecule has 98 valence electrons. The first-order valence-corrected chi connectivity index (χ1v) is 7.64. The molecule has 0 aliphatic carbocycles. The van der Waals surface area contributed by atoms with Crippen molar-refractivity contribution in [2.24, 2.45) is 0 Å². The quantitative estimate of drug-likeness (QED) is 0.733. The molecule has 0 aliphatic heterocycles. The van der Waals surface area contributed by atoms with E-state index >= 15 is 0 Å². The Hall–Kier alpha value is -0.410. The van der Waals surface area contributed by atoms with Gasteiger partial charge >= 0.3 is 0 Å². The van der Waals surface area contributed by atoms with Gasteiger partial charge in [0.15, 0.2) is 0 Å². The van der Waals surface area contributed by atoms with Gasteiger partial charge in [-0.05, 0) is 19.8 Å². The lowest BCUT2D eigenvalue weighted by molar-refractivity contribution is 0.203. The number of aliphatic hydroxyl groups is 1. The molecular formula is C14H25NOS. The van der Waals surface area contributed by atoms with Gasteiger partial charge in [-0.1, -0.05) is 39.5 Å². The Bertz CT molecular complexity index is 301. The average molecular weight is 255 g/mol. The molecule has 0 aliphatic rings. The predicted octanol–water partition coefficient (Wildman–Crippen LogP) is 4.66. The van der Waals surface area contributed by atoms with E-state index in [-0.39, 0.29) is 6.10 Å². The Morgan fingerprint density at radius 3 is 2.24 bits per heavy atom. The Labute approximate surface area is 109 Å². The van der Waals surface area contributed by atoms with Crippen LogP contribution in [0.1, 0.15) is 81.2 Å². The van der Waals surface area contributed by atoms with Crippen LogP contribution in [0.4, 0.5) is 0 Å². The van der Waals surface area contributed by atoms with E-state index in [1.165, 1.54) is 43.5 Å². The summed E-state index contributed by atoms with van der Waals surface area (Å²) in [6.07, 6.45) is 8.99. The summed E-state index contributed by atoms with van der Waals surface area (Å²) in [4.78, 5) is 5.50. The van der Waals surface area contributed by atoms with E-state index in [0.29, 0.717) is 5.92 Å². The van der Waals surface area contributed by atoms with Gasteiger partial charge in [-0.15, -0.1) is 11.3 Å². The molecule has 0 fully saturated rings. The molecule has 0 saturated carbocycles. The maximum atomic E-state index is 9.54. The van der Waals surface area contributed by atoms with Crippen LogP contribution < -0.4 is 0 Å². The third-order valence-electron chi connectivity index (χ3n) is 3.11. The number of nitrogens with zero attached hydrogens (tertiary/aromatic N) is 1. The van der Waals surface area contributed by atoms with Gasteiger partial charge in [0.05, 0.1) is 16.0 Å². The molecule has 1 rings (SSSR count). The molecule has 1 aromatic heterocycles. The van der Waals surface area contributed by atoms with Gasteiger partial charge < -0.3 is 5.11 Å². The number of unbranched alkanes of at least 4 members (excludes halogenated alkanes) is 2. The molecule has 0 bridgehead atoms. The van der Waals surface area contributed by atoms with E-state index in [9.17, 15) is 5.11 Å². The van der Waals surface area contributed by atoms with Crippen molar-refractivity contribution in [3.05, 3.63) is 16.1 Å². The van der Waals surface area contributed by atoms with Crippen molar-refractivity contribution in [2.45, 2.75) is 71.3 Å². The molecule has 1 aromatic rings. The molecule has 0 radical (unpaired) electrons. The van der Waals surface area contributed by atoms with Crippen LogP contribution in [0.2, 0.25) is 0 Å². The van der Waals surface area contributed by atoms with Crippen LogP contribution in [0.15, 0.2) is 6.20 Å². The van der Waals surface area contributed by atoms with Crippen molar-refractivity contribution in [3.63, 3.8) is 0 Å². The fraction of sp³-hybridized carbons (Fsp3) is 0.786. The summed E-state index contributed by atoms with van der Waals surface area (Å²) in [6, 6.07) is 0. The first-order valence-electron chi connectivity index (χ1n) is 6.82. The number of hydrogen-bond donors (Lipinski definition) is 1. The molecule has 3 heteroatoms. The summed E-state index contributed by atoms with van der Waals surface area (Å²) >= 11 is 1.69. The summed E-state index contributed by atoms with van der Waals surface area (Å²) in [5.74, 6) is 0.604. The Kier molecular flexibility index (Phi) is 6.75. The highest BCUT2D eigenvalue weighted by atomic mass is 32.1. The first-order chi connectivity index (χ1) is 8.19. The summed E-state index contributed by atoms with van der Waals surface area (Å²) in [5, 5.41) is 10.8. The van der Waals surface area contributed by atoms with E-state index < -0.39 is 0 Å². The number of hydrogen-bond acceptors (Lipinski definition) is 3. The second-order valence-electron chi connectivity index (χ2n) is 4.76. The molecule has 2 nitrogen and oxygen atoms in total. The van der Waals surface area contributed by atoms with Crippen molar-refractivity contribution in [1.82, 2.24) is 4.98 Å². The molecule has 0 spiro atoms. The van der Waals surface area contributed by atoms with Crippen LogP contribution in [-0.4, -0.2) is 10.1 Å². The molecule has 0 aromatic carbocycles. The van der Waals surface area contributed by atoms with Gasteiger partial charge in [-0.3, -0.25) is 0 Å². The highest BCUT2D eigenvalue weighted by Gasteiger charge is 2.16. The number of rotatable bonds is 8. The van der Waals surface area contributed by atoms with Crippen LogP contribution in [0.3, 0.4) is 0 Å². The standard InChI is InChI=1S/C14H25NOS/c1-4-6-8-12(9-7-5-2)14-15-10-13(17-14)11(3)16/h10-12,16H,4-9H2,1-3H3. The van der Waals surface area contributed by atoms with Gasteiger partial charge in [0.2, 0.25) is 0 Å². The van der Waals surface area contributed by atoms with Crippen molar-refractivity contribution in [2.75, 3.05) is 0 Å². The summed E-state index contributed by atoms with van der Waals surface area (Å²) in [7, 11) is 0. The Balaban J connectivity index is 2.65. The van der Waals surface area contributed by atoms with E-state index in [1.807, 2.05) is 13.1 Å². The molecule has 1 N–H and O–H groups in total. The van der Waals surface area contributed by atoms with Crippen molar-refractivity contribution in [3.8, 4) is 0 Å². The minimum Gasteiger partial charge on any atom is -0.388 e. The lowest BCUT2D eigenvalue weighted by Gasteiger charge is -2.13. The minimum atomic E-state index is -0.376. The highest BCUT2D eigenvalue weighted by molar-refractivity contribution is 7.11. The van der Waals surface area contributed by atoms with E-state index in [2.05, 4.69) is 18.8 Å². The zero-order valence-corrected chi connectivity index (χ0v) is 12.1. The normalized spacial score (nSPS) is 13.2. The van der Waals surface area contributed by atoms with E-state index in [1.54, 1.807) is 11.3 Å². The van der Waals surface area contributed by atoms with Gasteiger partial charge in [0.1, 0.15) is 0 Å². The first kappa shape index (κ1) is 14.7. The summed E-state index contributed by atoms with van der Waals surface area (Å²) in [6.45, 7) is 6.28. The Morgan fingerprint density at radius 2 is 1.82 bits per heavy atom. The number of aromatic nitrogens is 1. The number of aliphatic hydroxyl groups excluding tert-OH is 1. The maximum absolute atomic E-state index is 9.54. The van der Waals surface area contributed by atoms with Gasteiger partial charge in [0, 0.05) is 12.1 Å². The fourth-order valence-corrected chi connectivity index (χ4v) is 3.00. The second kappa shape index (κ2) is 7.83. The summed E-state index contributed by atoms with van der Waals surface area (Å²) in [5.41, 5.74) is 0. The number of thiazole rings is 1. The summed E-state index contributed by atoms with van der Waals surface area (Å²) < 4.78 is 0. The predicted molar refractivity (Wildman–Crippen MR) is 74.5 cm³/mol. The lowest BCUT2D eigenvalue weighted by atomic mass is 9.97. The highest BCUT2D eigenvalue weighted by Crippen LogP contribution is 2.32. The minimum absolute atomic E-state index is 0.376. The van der Waals surface area contributed by atoms with Crippen molar-refractivity contribution >= 4 is 11.3 Å². The zero-order chi connectivity index (χ0) is 12.7. The third-order valence-corrected chi connectivity index (χ3v) is 4.44. The third kappa shape index (κ3) is 4.76. The average Bonchev–Trinajstić information content (AvgIpc) is 2.79. The second-order valence-corrected chi connectivity index (χ2v) is 5.85. The fourth-order valence-electron chi connectivity index (χ4n) is 1.97. The van der Waals surface area contributed by atoms with Gasteiger partial charge in [0.25, 0.3) is 0 Å². The largest absolute Gasteiger partial charge is 0.388 e. The van der Waals surface area contributed by atoms with Crippen LogP contribution >= 0.6 is 11.3 Å². The molecule has 1 heterocycles. The van der Waals surface area contributed by atoms with Crippen molar-refractivity contribution < 1.29 is 5.11 Å². The smallest absolute Gasteiger partial charge is 0.0959 e. The molecule has 1 unspecified atom stereocenters. The van der Waals surface area contributed by atoms with Crippen LogP contribution in [0, 0.1) is 0 Å². The van der Waals surface area contributed by atoms with Crippen molar-refractivity contribution in [1.29, 1.82) is 0 Å². The lowest BCUT2D eigenvalue weighted by Crippen LogP contribution is -1.98. The van der Waals surface area contributed by atoms with Gasteiger partial charge in [-0.25, -0.2) is 4.98 Å². The molecule has 1 atom stereocenters. The monoisotopic (exact) mass is 255 g/mol. The van der Waals surface area contributed by atoms with Crippen LogP contribution in [-0.2, 0) is 0 Å². The SMILES string of the molecule is CCCCC(CCCC)c1ncc(C(C)O)s1. The molecule has 0 amide bonds. The zero-order valence-electron chi connectivity index (χ0n) is 11.3. The van der Waals surface area contributed by atoms with E-state index in [4.69, 9.17) is 0 Å².